The molecule has 0 saturated heterocycles. The van der Waals surface area contributed by atoms with Gasteiger partial charge in [0.15, 0.2) is 5.13 Å². The summed E-state index contributed by atoms with van der Waals surface area (Å²) in [6.45, 7) is 1.97. The van der Waals surface area contributed by atoms with Gasteiger partial charge < -0.3 is 4.90 Å². The van der Waals surface area contributed by atoms with Crippen LogP contribution in [0.15, 0.2) is 0 Å². The van der Waals surface area contributed by atoms with Gasteiger partial charge in [0.2, 0.25) is 0 Å². The Bertz CT molecular complexity index is 212. The number of aromatic nitrogens is 1. The lowest BCUT2D eigenvalue weighted by Gasteiger charge is -2.04. The first-order chi connectivity index (χ1) is 4.61. The molecule has 0 aliphatic rings. The van der Waals surface area contributed by atoms with Crippen molar-refractivity contribution in [2.45, 2.75) is 6.92 Å². The molecule has 0 N–H and O–H groups in total. The molecule has 0 aliphatic carbocycles. The lowest BCUT2D eigenvalue weighted by molar-refractivity contribution is 1.10. The van der Waals surface area contributed by atoms with Crippen LogP contribution in [0.3, 0.4) is 0 Å². The molecule has 1 rings (SSSR count). The molecule has 1 aromatic rings. The van der Waals surface area contributed by atoms with Crippen LogP contribution in [0.5, 0.6) is 0 Å². The zero-order valence-electron chi connectivity index (χ0n) is 6.18. The quantitative estimate of drug-likeness (QED) is 0.652. The number of rotatable bonds is 1. The average molecular weight is 177 g/mol. The third-order valence-corrected chi connectivity index (χ3v) is 2.73. The molecule has 0 bridgehead atoms. The first kappa shape index (κ1) is 7.82. The normalized spacial score (nSPS) is 10.0. The second-order valence-electron chi connectivity index (χ2n) is 2.24. The standard InChI is InChI=1S/C6H9ClN2S/c1-4-5(7)8-6(10-4)9(2)3/h1-3H3. The van der Waals surface area contributed by atoms with Crippen molar-refractivity contribution in [3.8, 4) is 0 Å². The highest BCUT2D eigenvalue weighted by atomic mass is 35.5. The lowest BCUT2D eigenvalue weighted by Crippen LogP contribution is -2.07. The second-order valence-corrected chi connectivity index (χ2v) is 3.78. The van der Waals surface area contributed by atoms with E-state index in [-0.39, 0.29) is 0 Å². The third-order valence-electron chi connectivity index (χ3n) is 1.11. The van der Waals surface area contributed by atoms with E-state index in [1.165, 1.54) is 0 Å². The SMILES string of the molecule is Cc1sc(N(C)C)nc1Cl. The van der Waals surface area contributed by atoms with Crippen LogP contribution in [0.1, 0.15) is 4.88 Å². The minimum absolute atomic E-state index is 0.619. The minimum atomic E-state index is 0.619. The number of aryl methyl sites for hydroxylation is 1. The number of halogens is 1. The van der Waals surface area contributed by atoms with Gasteiger partial charge in [0.05, 0.1) is 0 Å². The Morgan fingerprint density at radius 2 is 2.10 bits per heavy atom. The van der Waals surface area contributed by atoms with Crippen LogP contribution in [0.2, 0.25) is 5.15 Å². The molecule has 0 aromatic carbocycles. The van der Waals surface area contributed by atoms with E-state index in [2.05, 4.69) is 4.98 Å². The van der Waals surface area contributed by atoms with E-state index in [0.29, 0.717) is 5.15 Å². The van der Waals surface area contributed by atoms with Crippen LogP contribution in [-0.4, -0.2) is 19.1 Å². The molecule has 10 heavy (non-hydrogen) atoms. The molecule has 0 unspecified atom stereocenters. The van der Waals surface area contributed by atoms with Gasteiger partial charge in [-0.05, 0) is 6.92 Å². The van der Waals surface area contributed by atoms with E-state index in [1.54, 1.807) is 11.3 Å². The molecule has 0 radical (unpaired) electrons. The molecule has 0 aliphatic heterocycles. The summed E-state index contributed by atoms with van der Waals surface area (Å²) < 4.78 is 0. The predicted molar refractivity (Wildman–Crippen MR) is 46.2 cm³/mol. The smallest absolute Gasteiger partial charge is 0.186 e. The zero-order valence-corrected chi connectivity index (χ0v) is 7.75. The first-order valence-electron chi connectivity index (χ1n) is 2.91. The summed E-state index contributed by atoms with van der Waals surface area (Å²) in [7, 11) is 3.91. The van der Waals surface area contributed by atoms with E-state index in [0.717, 1.165) is 10.0 Å². The van der Waals surface area contributed by atoms with Crippen LogP contribution >= 0.6 is 22.9 Å². The fourth-order valence-corrected chi connectivity index (χ4v) is 1.52. The van der Waals surface area contributed by atoms with Crippen LogP contribution in [0.4, 0.5) is 5.13 Å². The van der Waals surface area contributed by atoms with Crippen molar-refractivity contribution in [1.82, 2.24) is 4.98 Å². The van der Waals surface area contributed by atoms with E-state index >= 15 is 0 Å². The van der Waals surface area contributed by atoms with Crippen molar-refractivity contribution in [2.24, 2.45) is 0 Å². The number of hydrogen-bond acceptors (Lipinski definition) is 3. The fourth-order valence-electron chi connectivity index (χ4n) is 0.556. The highest BCUT2D eigenvalue weighted by Gasteiger charge is 2.05. The van der Waals surface area contributed by atoms with Gasteiger partial charge in [-0.3, -0.25) is 0 Å². The molecular formula is C6H9ClN2S. The maximum absolute atomic E-state index is 5.75. The van der Waals surface area contributed by atoms with Gasteiger partial charge in [-0.25, -0.2) is 4.98 Å². The van der Waals surface area contributed by atoms with Gasteiger partial charge in [-0.2, -0.15) is 0 Å². The number of thiazole rings is 1. The maximum atomic E-state index is 5.75. The van der Waals surface area contributed by atoms with Crippen molar-refractivity contribution in [3.05, 3.63) is 10.0 Å². The summed E-state index contributed by atoms with van der Waals surface area (Å²) in [6, 6.07) is 0. The molecule has 0 atom stereocenters. The molecule has 2 nitrogen and oxygen atoms in total. The monoisotopic (exact) mass is 176 g/mol. The Labute approximate surface area is 69.4 Å². The fraction of sp³-hybridized carbons (Fsp3) is 0.500. The van der Waals surface area contributed by atoms with Crippen molar-refractivity contribution in [3.63, 3.8) is 0 Å². The molecule has 0 saturated carbocycles. The molecule has 1 aromatic heterocycles. The number of nitrogens with zero attached hydrogens (tertiary/aromatic N) is 2. The first-order valence-corrected chi connectivity index (χ1v) is 4.11. The minimum Gasteiger partial charge on any atom is -0.354 e. The van der Waals surface area contributed by atoms with Gasteiger partial charge in [-0.1, -0.05) is 11.6 Å². The molecule has 1 heterocycles. The Morgan fingerprint density at radius 1 is 1.50 bits per heavy atom. The Morgan fingerprint density at radius 3 is 2.30 bits per heavy atom. The van der Waals surface area contributed by atoms with Gasteiger partial charge >= 0.3 is 0 Å². The summed E-state index contributed by atoms with van der Waals surface area (Å²) in [5, 5.41) is 1.58. The van der Waals surface area contributed by atoms with Crippen molar-refractivity contribution in [2.75, 3.05) is 19.0 Å². The van der Waals surface area contributed by atoms with E-state index in [1.807, 2.05) is 25.9 Å². The summed E-state index contributed by atoms with van der Waals surface area (Å²) in [4.78, 5) is 7.14. The summed E-state index contributed by atoms with van der Waals surface area (Å²) in [5.41, 5.74) is 0. The number of anilines is 1. The molecule has 0 spiro atoms. The van der Waals surface area contributed by atoms with Gasteiger partial charge in [0, 0.05) is 19.0 Å². The van der Waals surface area contributed by atoms with Crippen LogP contribution in [0.25, 0.3) is 0 Å². The molecule has 0 amide bonds. The zero-order chi connectivity index (χ0) is 7.72. The largest absolute Gasteiger partial charge is 0.354 e. The Hall–Kier alpha value is -0.280. The Balaban J connectivity index is 2.98. The summed E-state index contributed by atoms with van der Waals surface area (Å²) in [5.74, 6) is 0. The molecule has 4 heteroatoms. The predicted octanol–water partition coefficient (Wildman–Crippen LogP) is 2.17. The topological polar surface area (TPSA) is 16.1 Å². The molecule has 0 fully saturated rings. The van der Waals surface area contributed by atoms with Crippen LogP contribution < -0.4 is 4.90 Å². The van der Waals surface area contributed by atoms with Gasteiger partial charge in [0.25, 0.3) is 0 Å². The second kappa shape index (κ2) is 2.76. The maximum Gasteiger partial charge on any atom is 0.186 e. The highest BCUT2D eigenvalue weighted by Crippen LogP contribution is 2.26. The van der Waals surface area contributed by atoms with Crippen molar-refractivity contribution >= 4 is 28.1 Å². The summed E-state index contributed by atoms with van der Waals surface area (Å²) in [6.07, 6.45) is 0. The van der Waals surface area contributed by atoms with Crippen LogP contribution in [-0.2, 0) is 0 Å². The third kappa shape index (κ3) is 1.41. The summed E-state index contributed by atoms with van der Waals surface area (Å²) >= 11 is 7.35. The van der Waals surface area contributed by atoms with E-state index < -0.39 is 0 Å². The molecule has 56 valence electrons. The van der Waals surface area contributed by atoms with Crippen molar-refractivity contribution < 1.29 is 0 Å². The van der Waals surface area contributed by atoms with E-state index in [4.69, 9.17) is 11.6 Å². The van der Waals surface area contributed by atoms with Gasteiger partial charge in [0.1, 0.15) is 5.15 Å². The highest BCUT2D eigenvalue weighted by molar-refractivity contribution is 7.16. The van der Waals surface area contributed by atoms with Crippen molar-refractivity contribution in [1.29, 1.82) is 0 Å². The number of hydrogen-bond donors (Lipinski definition) is 0. The van der Waals surface area contributed by atoms with Gasteiger partial charge in [-0.15, -0.1) is 11.3 Å². The average Bonchev–Trinajstić information content (AvgIpc) is 2.13. The molecular weight excluding hydrogens is 168 g/mol. The Kier molecular flexibility index (Phi) is 2.16. The van der Waals surface area contributed by atoms with E-state index in [9.17, 15) is 0 Å². The lowest BCUT2D eigenvalue weighted by atomic mass is 10.6. The van der Waals surface area contributed by atoms with Crippen LogP contribution in [0, 0.1) is 6.92 Å².